The van der Waals surface area contributed by atoms with Crippen molar-refractivity contribution in [1.29, 1.82) is 5.26 Å². The molecule has 0 bridgehead atoms. The molecule has 0 unspecified atom stereocenters. The Morgan fingerprint density at radius 3 is 2.74 bits per heavy atom. The Labute approximate surface area is 146 Å². The molecule has 0 amide bonds. The summed E-state index contributed by atoms with van der Waals surface area (Å²) in [5, 5.41) is 12.8. The fourth-order valence-corrected chi connectivity index (χ4v) is 3.03. The number of nitrogens with zero attached hydrogens (tertiary/aromatic N) is 3. The summed E-state index contributed by atoms with van der Waals surface area (Å²) in [6.07, 6.45) is 0.301. The van der Waals surface area contributed by atoms with Gasteiger partial charge in [0, 0.05) is 27.7 Å². The van der Waals surface area contributed by atoms with Crippen molar-refractivity contribution in [3.63, 3.8) is 0 Å². The van der Waals surface area contributed by atoms with Crippen LogP contribution < -0.4 is 5.56 Å². The molecule has 5 nitrogen and oxygen atoms in total. The molecule has 0 atom stereocenters. The minimum atomic E-state index is -0.318. The summed E-state index contributed by atoms with van der Waals surface area (Å²) in [4.78, 5) is 17.0. The fourth-order valence-electron chi connectivity index (χ4n) is 2.34. The van der Waals surface area contributed by atoms with Crippen molar-refractivity contribution in [2.24, 2.45) is 0 Å². The van der Waals surface area contributed by atoms with Gasteiger partial charge in [0.05, 0.1) is 0 Å². The summed E-state index contributed by atoms with van der Waals surface area (Å²) in [5.74, 6) is 0. The predicted molar refractivity (Wildman–Crippen MR) is 89.5 cm³/mol. The molecule has 0 fully saturated rings. The van der Waals surface area contributed by atoms with Crippen LogP contribution in [0.4, 0.5) is 0 Å². The maximum Gasteiger partial charge on any atom is 0.276 e. The van der Waals surface area contributed by atoms with E-state index in [9.17, 15) is 4.79 Å². The zero-order valence-electron chi connectivity index (χ0n) is 11.8. The second-order valence-corrected chi connectivity index (χ2v) is 6.19. The maximum atomic E-state index is 12.7. The van der Waals surface area contributed by atoms with Crippen LogP contribution >= 0.6 is 34.8 Å². The Bertz CT molecular complexity index is 1030. The highest BCUT2D eigenvalue weighted by Gasteiger charge is 2.18. The van der Waals surface area contributed by atoms with Gasteiger partial charge >= 0.3 is 0 Å². The van der Waals surface area contributed by atoms with Crippen LogP contribution in [0.25, 0.3) is 5.65 Å². The second kappa shape index (κ2) is 5.89. The van der Waals surface area contributed by atoms with E-state index in [0.717, 1.165) is 5.56 Å². The lowest BCUT2D eigenvalue weighted by atomic mass is 10.0. The smallest absolute Gasteiger partial charge is 0.276 e. The molecule has 2 heterocycles. The van der Waals surface area contributed by atoms with E-state index < -0.39 is 0 Å². The van der Waals surface area contributed by atoms with Crippen LogP contribution in [0.1, 0.15) is 22.4 Å². The van der Waals surface area contributed by atoms with E-state index in [2.05, 4.69) is 10.1 Å². The number of hydrogen-bond acceptors (Lipinski definition) is 3. The molecule has 0 aliphatic heterocycles. The largest absolute Gasteiger partial charge is 0.277 e. The number of aromatic amines is 1. The first-order valence-corrected chi connectivity index (χ1v) is 7.69. The zero-order chi connectivity index (χ0) is 16.7. The standard InChI is InChI=1S/C15H9Cl3N4O/c1-7-10(4-8-2-3-9(16)5-12(8)17)15(23)22-14(20-7)11(6-19)13(18)21-22/h2-3,5,21H,4H2,1H3. The average molecular weight is 368 g/mol. The third-order valence-electron chi connectivity index (χ3n) is 3.53. The molecule has 116 valence electrons. The van der Waals surface area contributed by atoms with Crippen molar-refractivity contribution in [2.45, 2.75) is 13.3 Å². The van der Waals surface area contributed by atoms with Crippen LogP contribution in [-0.4, -0.2) is 14.6 Å². The van der Waals surface area contributed by atoms with Crippen LogP contribution in [0.15, 0.2) is 23.0 Å². The van der Waals surface area contributed by atoms with Gasteiger partial charge in [-0.05, 0) is 24.6 Å². The number of nitrogens with one attached hydrogen (secondary N) is 1. The fraction of sp³-hybridized carbons (Fsp3) is 0.133. The summed E-state index contributed by atoms with van der Waals surface area (Å²) in [6, 6.07) is 7.03. The lowest BCUT2D eigenvalue weighted by molar-refractivity contribution is 0.860. The predicted octanol–water partition coefficient (Wildman–Crippen LogP) is 3.75. The van der Waals surface area contributed by atoms with E-state index in [0.29, 0.717) is 27.7 Å². The van der Waals surface area contributed by atoms with Gasteiger partial charge in [0.15, 0.2) is 5.65 Å². The number of H-pyrrole nitrogens is 1. The number of halogens is 3. The van der Waals surface area contributed by atoms with Gasteiger partial charge in [-0.3, -0.25) is 9.89 Å². The Morgan fingerprint density at radius 2 is 2.09 bits per heavy atom. The van der Waals surface area contributed by atoms with E-state index in [1.54, 1.807) is 25.1 Å². The summed E-state index contributed by atoms with van der Waals surface area (Å²) in [7, 11) is 0. The maximum absolute atomic E-state index is 12.7. The molecule has 0 radical (unpaired) electrons. The van der Waals surface area contributed by atoms with Gasteiger partial charge in [-0.1, -0.05) is 40.9 Å². The van der Waals surface area contributed by atoms with Crippen LogP contribution in [0.5, 0.6) is 0 Å². The second-order valence-electron chi connectivity index (χ2n) is 4.97. The lowest BCUT2D eigenvalue weighted by Gasteiger charge is -2.07. The average Bonchev–Trinajstić information content (AvgIpc) is 2.81. The molecule has 2 aromatic heterocycles. The quantitative estimate of drug-likeness (QED) is 0.749. The van der Waals surface area contributed by atoms with Crippen molar-refractivity contribution in [2.75, 3.05) is 0 Å². The number of aromatic nitrogens is 3. The molecule has 3 rings (SSSR count). The SMILES string of the molecule is Cc1nc2c(C#N)c(Cl)[nH]n2c(=O)c1Cc1ccc(Cl)cc1Cl. The van der Waals surface area contributed by atoms with E-state index in [-0.39, 0.29) is 21.9 Å². The number of rotatable bonds is 2. The highest BCUT2D eigenvalue weighted by molar-refractivity contribution is 6.35. The molecular formula is C15H9Cl3N4O. The zero-order valence-corrected chi connectivity index (χ0v) is 14.1. The highest BCUT2D eigenvalue weighted by Crippen LogP contribution is 2.24. The number of benzene rings is 1. The third kappa shape index (κ3) is 2.70. The first-order valence-electron chi connectivity index (χ1n) is 6.56. The molecule has 0 aliphatic rings. The summed E-state index contributed by atoms with van der Waals surface area (Å²) >= 11 is 18.0. The van der Waals surface area contributed by atoms with Gasteiger partial charge in [0.25, 0.3) is 5.56 Å². The summed E-state index contributed by atoms with van der Waals surface area (Å²) < 4.78 is 1.17. The molecule has 3 aromatic rings. The minimum Gasteiger partial charge on any atom is -0.277 e. The van der Waals surface area contributed by atoms with Crippen molar-refractivity contribution in [3.8, 4) is 6.07 Å². The molecule has 0 saturated heterocycles. The van der Waals surface area contributed by atoms with Gasteiger partial charge in [-0.2, -0.15) is 9.78 Å². The van der Waals surface area contributed by atoms with Crippen molar-refractivity contribution in [3.05, 3.63) is 66.1 Å². The highest BCUT2D eigenvalue weighted by atomic mass is 35.5. The van der Waals surface area contributed by atoms with E-state index in [1.807, 2.05) is 6.07 Å². The summed E-state index contributed by atoms with van der Waals surface area (Å²) in [6.45, 7) is 1.71. The first-order chi connectivity index (χ1) is 10.9. The van der Waals surface area contributed by atoms with E-state index in [4.69, 9.17) is 40.1 Å². The van der Waals surface area contributed by atoms with E-state index in [1.165, 1.54) is 4.52 Å². The van der Waals surface area contributed by atoms with E-state index >= 15 is 0 Å². The van der Waals surface area contributed by atoms with Gasteiger partial charge in [-0.25, -0.2) is 4.98 Å². The lowest BCUT2D eigenvalue weighted by Crippen LogP contribution is -2.22. The number of fused-ring (bicyclic) bond motifs is 1. The molecule has 0 spiro atoms. The van der Waals surface area contributed by atoms with Crippen molar-refractivity contribution in [1.82, 2.24) is 14.6 Å². The van der Waals surface area contributed by atoms with Crippen LogP contribution in [0, 0.1) is 18.3 Å². The third-order valence-corrected chi connectivity index (χ3v) is 4.39. The van der Waals surface area contributed by atoms with Gasteiger partial charge in [0.1, 0.15) is 16.8 Å². The minimum absolute atomic E-state index is 0.0816. The molecule has 1 N–H and O–H groups in total. The molecule has 23 heavy (non-hydrogen) atoms. The number of hydrogen-bond donors (Lipinski definition) is 1. The van der Waals surface area contributed by atoms with Crippen LogP contribution in [0.2, 0.25) is 15.2 Å². The number of aryl methyl sites for hydroxylation is 1. The molecule has 1 aromatic carbocycles. The molecular weight excluding hydrogens is 359 g/mol. The van der Waals surface area contributed by atoms with Crippen molar-refractivity contribution < 1.29 is 0 Å². The van der Waals surface area contributed by atoms with Crippen LogP contribution in [-0.2, 0) is 6.42 Å². The van der Waals surface area contributed by atoms with Gasteiger partial charge in [-0.15, -0.1) is 0 Å². The topological polar surface area (TPSA) is 73.9 Å². The van der Waals surface area contributed by atoms with Crippen LogP contribution in [0.3, 0.4) is 0 Å². The monoisotopic (exact) mass is 366 g/mol. The Balaban J connectivity index is 2.19. The first kappa shape index (κ1) is 15.9. The van der Waals surface area contributed by atoms with Crippen molar-refractivity contribution >= 4 is 40.4 Å². The Morgan fingerprint density at radius 1 is 1.35 bits per heavy atom. The normalized spacial score (nSPS) is 10.9. The molecule has 0 aliphatic carbocycles. The number of nitriles is 1. The summed E-state index contributed by atoms with van der Waals surface area (Å²) in [5.41, 5.74) is 1.79. The van der Waals surface area contributed by atoms with Gasteiger partial charge in [0.2, 0.25) is 0 Å². The van der Waals surface area contributed by atoms with Gasteiger partial charge < -0.3 is 0 Å². The molecule has 0 saturated carbocycles. The Kier molecular flexibility index (Phi) is 4.07. The Hall–Kier alpha value is -2.00. The molecule has 8 heteroatoms.